The first kappa shape index (κ1) is 15.9. The maximum atomic E-state index is 11.9. The molecule has 0 aromatic carbocycles. The van der Waals surface area contributed by atoms with Gasteiger partial charge in [0.05, 0.1) is 18.0 Å². The minimum Gasteiger partial charge on any atom is -0.531 e. The largest absolute Gasteiger partial charge is 0.552 e. The van der Waals surface area contributed by atoms with Crippen molar-refractivity contribution >= 4 is 24.7 Å². The molecule has 0 radical (unpaired) electrons. The van der Waals surface area contributed by atoms with Crippen LogP contribution in [0.2, 0.25) is 0 Å². The second-order valence-corrected chi connectivity index (χ2v) is 6.58. The SMILES string of the molecule is N#CCC(=O)N1CCC(C2=CB(O)Oc3cnc4c(c32)C=CC4)CC1. The molecule has 126 valence electrons. The van der Waals surface area contributed by atoms with Gasteiger partial charge in [-0.1, -0.05) is 12.2 Å². The number of rotatable bonds is 2. The Balaban J connectivity index is 1.60. The average Bonchev–Trinajstić information content (AvgIpc) is 3.10. The van der Waals surface area contributed by atoms with E-state index >= 15 is 0 Å². The van der Waals surface area contributed by atoms with Gasteiger partial charge in [0, 0.05) is 30.6 Å². The monoisotopic (exact) mass is 335 g/mol. The Morgan fingerprint density at radius 2 is 2.28 bits per heavy atom. The van der Waals surface area contributed by atoms with Gasteiger partial charge in [-0.15, -0.1) is 0 Å². The summed E-state index contributed by atoms with van der Waals surface area (Å²) in [5, 5.41) is 18.8. The fourth-order valence-corrected chi connectivity index (χ4v) is 3.93. The van der Waals surface area contributed by atoms with E-state index in [0.29, 0.717) is 18.8 Å². The molecule has 4 rings (SSSR count). The smallest absolute Gasteiger partial charge is 0.531 e. The number of nitriles is 1. The number of hydrogen-bond acceptors (Lipinski definition) is 5. The zero-order chi connectivity index (χ0) is 17.4. The Hall–Kier alpha value is -2.59. The summed E-state index contributed by atoms with van der Waals surface area (Å²) >= 11 is 0. The lowest BCUT2D eigenvalue weighted by Crippen LogP contribution is -2.39. The third-order valence-corrected chi connectivity index (χ3v) is 5.14. The first-order valence-corrected chi connectivity index (χ1v) is 8.57. The van der Waals surface area contributed by atoms with E-state index in [9.17, 15) is 9.82 Å². The number of carbonyl (C=O) groups is 1. The molecule has 7 heteroatoms. The summed E-state index contributed by atoms with van der Waals surface area (Å²) in [6, 6.07) is 1.92. The summed E-state index contributed by atoms with van der Waals surface area (Å²) in [4.78, 5) is 18.1. The van der Waals surface area contributed by atoms with Crippen LogP contribution in [0, 0.1) is 17.2 Å². The highest BCUT2D eigenvalue weighted by Crippen LogP contribution is 2.43. The molecule has 1 aromatic heterocycles. The Bertz CT molecular complexity index is 820. The van der Waals surface area contributed by atoms with E-state index in [2.05, 4.69) is 17.1 Å². The predicted molar refractivity (Wildman–Crippen MR) is 93.1 cm³/mol. The molecule has 2 aliphatic heterocycles. The number of piperidine rings is 1. The van der Waals surface area contributed by atoms with Gasteiger partial charge >= 0.3 is 7.12 Å². The number of nitrogens with zero attached hydrogens (tertiary/aromatic N) is 3. The van der Waals surface area contributed by atoms with Crippen LogP contribution >= 0.6 is 0 Å². The molecule has 3 aliphatic rings. The fourth-order valence-electron chi connectivity index (χ4n) is 3.93. The number of aromatic nitrogens is 1. The van der Waals surface area contributed by atoms with Crippen LogP contribution in [0.15, 0.2) is 18.2 Å². The third-order valence-electron chi connectivity index (χ3n) is 5.14. The van der Waals surface area contributed by atoms with Gasteiger partial charge in [-0.25, -0.2) is 0 Å². The number of hydrogen-bond donors (Lipinski definition) is 1. The minimum atomic E-state index is -0.967. The van der Waals surface area contributed by atoms with Crippen molar-refractivity contribution in [1.29, 1.82) is 5.26 Å². The second kappa shape index (κ2) is 6.38. The number of likely N-dealkylation sites (tertiary alicyclic amines) is 1. The summed E-state index contributed by atoms with van der Waals surface area (Å²) in [6.07, 6.45) is 8.24. The van der Waals surface area contributed by atoms with Gasteiger partial charge in [0.15, 0.2) is 0 Å². The highest BCUT2D eigenvalue weighted by molar-refractivity contribution is 6.52. The fraction of sp³-hybridized carbons (Fsp3) is 0.389. The quantitative estimate of drug-likeness (QED) is 0.830. The van der Waals surface area contributed by atoms with Gasteiger partial charge in [-0.05, 0) is 30.3 Å². The van der Waals surface area contributed by atoms with Crippen molar-refractivity contribution in [3.63, 3.8) is 0 Å². The van der Waals surface area contributed by atoms with Crippen LogP contribution in [-0.2, 0) is 11.2 Å². The van der Waals surface area contributed by atoms with Crippen molar-refractivity contribution < 1.29 is 14.5 Å². The van der Waals surface area contributed by atoms with E-state index in [0.717, 1.165) is 41.7 Å². The van der Waals surface area contributed by atoms with Crippen molar-refractivity contribution in [3.05, 3.63) is 35.1 Å². The standard InChI is InChI=1S/C18H18BN3O3/c20-7-4-17(23)22-8-5-12(6-9-22)14-10-19(24)25-16-11-21-15-3-1-2-13(15)18(14)16/h1-2,10-12,24H,3-6,8-9H2. The third kappa shape index (κ3) is 2.83. The van der Waals surface area contributed by atoms with Gasteiger partial charge < -0.3 is 14.6 Å². The van der Waals surface area contributed by atoms with Crippen LogP contribution in [-0.4, -0.2) is 41.0 Å². The molecule has 1 aromatic rings. The van der Waals surface area contributed by atoms with E-state index < -0.39 is 7.12 Å². The first-order chi connectivity index (χ1) is 12.2. The lowest BCUT2D eigenvalue weighted by Gasteiger charge is -2.35. The van der Waals surface area contributed by atoms with E-state index in [1.54, 1.807) is 17.1 Å². The molecule has 0 saturated carbocycles. The molecule has 3 heterocycles. The summed E-state index contributed by atoms with van der Waals surface area (Å²) in [5.41, 5.74) is 4.24. The highest BCUT2D eigenvalue weighted by Gasteiger charge is 2.34. The molecule has 1 fully saturated rings. The van der Waals surface area contributed by atoms with Gasteiger partial charge in [-0.3, -0.25) is 9.78 Å². The van der Waals surface area contributed by atoms with Crippen molar-refractivity contribution in [2.24, 2.45) is 5.92 Å². The molecular formula is C18H18BN3O3. The summed E-state index contributed by atoms with van der Waals surface area (Å²) in [6.45, 7) is 1.27. The Morgan fingerprint density at radius 1 is 1.48 bits per heavy atom. The summed E-state index contributed by atoms with van der Waals surface area (Å²) in [5.74, 6) is 2.56. The van der Waals surface area contributed by atoms with Crippen LogP contribution in [0.4, 0.5) is 0 Å². The van der Waals surface area contributed by atoms with Crippen LogP contribution in [0.1, 0.15) is 36.1 Å². The summed E-state index contributed by atoms with van der Waals surface area (Å²) in [7, 11) is -0.967. The molecule has 1 aliphatic carbocycles. The molecule has 0 unspecified atom stereocenters. The van der Waals surface area contributed by atoms with E-state index in [4.69, 9.17) is 9.92 Å². The number of amides is 1. The highest BCUT2D eigenvalue weighted by atomic mass is 16.5. The predicted octanol–water partition coefficient (Wildman–Crippen LogP) is 1.60. The van der Waals surface area contributed by atoms with Crippen molar-refractivity contribution in [3.8, 4) is 11.8 Å². The topological polar surface area (TPSA) is 86.5 Å². The lowest BCUT2D eigenvalue weighted by molar-refractivity contribution is -0.131. The Labute approximate surface area is 146 Å². The van der Waals surface area contributed by atoms with Gasteiger partial charge in [0.1, 0.15) is 12.2 Å². The number of fused-ring (bicyclic) bond motifs is 3. The molecular weight excluding hydrogens is 317 g/mol. The molecule has 25 heavy (non-hydrogen) atoms. The molecule has 1 N–H and O–H groups in total. The lowest BCUT2D eigenvalue weighted by atomic mass is 9.74. The van der Waals surface area contributed by atoms with Crippen LogP contribution < -0.4 is 4.65 Å². The first-order valence-electron chi connectivity index (χ1n) is 8.57. The molecule has 1 amide bonds. The Kier molecular flexibility index (Phi) is 4.06. The summed E-state index contributed by atoms with van der Waals surface area (Å²) < 4.78 is 5.55. The van der Waals surface area contributed by atoms with Gasteiger partial charge in [0.25, 0.3) is 0 Å². The van der Waals surface area contributed by atoms with Crippen LogP contribution in [0.3, 0.4) is 0 Å². The number of allylic oxidation sites excluding steroid dienone is 2. The van der Waals surface area contributed by atoms with Crippen LogP contribution in [0.5, 0.6) is 5.75 Å². The molecule has 0 bridgehead atoms. The van der Waals surface area contributed by atoms with Gasteiger partial charge in [0.2, 0.25) is 5.91 Å². The zero-order valence-electron chi connectivity index (χ0n) is 13.8. The van der Waals surface area contributed by atoms with Crippen molar-refractivity contribution in [2.75, 3.05) is 13.1 Å². The minimum absolute atomic E-state index is 0.0628. The van der Waals surface area contributed by atoms with Crippen molar-refractivity contribution in [2.45, 2.75) is 25.7 Å². The molecule has 0 spiro atoms. The maximum absolute atomic E-state index is 11.9. The normalized spacial score (nSPS) is 19.0. The zero-order valence-corrected chi connectivity index (χ0v) is 13.8. The molecule has 0 atom stereocenters. The van der Waals surface area contributed by atoms with E-state index in [1.165, 1.54) is 0 Å². The average molecular weight is 335 g/mol. The Morgan fingerprint density at radius 3 is 3.04 bits per heavy atom. The van der Waals surface area contributed by atoms with Gasteiger partial charge in [-0.2, -0.15) is 5.26 Å². The molecule has 6 nitrogen and oxygen atoms in total. The van der Waals surface area contributed by atoms with E-state index in [1.807, 2.05) is 6.07 Å². The van der Waals surface area contributed by atoms with E-state index in [-0.39, 0.29) is 18.2 Å². The number of pyridine rings is 1. The van der Waals surface area contributed by atoms with Crippen LogP contribution in [0.25, 0.3) is 11.6 Å². The second-order valence-electron chi connectivity index (χ2n) is 6.58. The molecule has 1 saturated heterocycles. The number of carbonyl (C=O) groups excluding carboxylic acids is 1. The van der Waals surface area contributed by atoms with Crippen molar-refractivity contribution in [1.82, 2.24) is 9.88 Å². The maximum Gasteiger partial charge on any atom is 0.552 e.